The molecule has 0 radical (unpaired) electrons. The van der Waals surface area contributed by atoms with Gasteiger partial charge in [0.25, 0.3) is 0 Å². The van der Waals surface area contributed by atoms with Crippen LogP contribution in [0.3, 0.4) is 0 Å². The van der Waals surface area contributed by atoms with E-state index in [0.29, 0.717) is 25.7 Å². The molecule has 12 nitrogen and oxygen atoms in total. The fourth-order valence-corrected chi connectivity index (χ4v) is 4.61. The highest BCUT2D eigenvalue weighted by Gasteiger charge is 2.29. The number of aliphatic imine (C=N–C) groups is 1. The molecule has 0 bridgehead atoms. The lowest BCUT2D eigenvalue weighted by Crippen LogP contribution is -2.57. The van der Waals surface area contributed by atoms with Crippen LogP contribution in [0.25, 0.3) is 0 Å². The first-order valence-corrected chi connectivity index (χ1v) is 15.9. The van der Waals surface area contributed by atoms with Crippen molar-refractivity contribution in [1.29, 1.82) is 0 Å². The van der Waals surface area contributed by atoms with Gasteiger partial charge in [-0.3, -0.25) is 19.4 Å². The van der Waals surface area contributed by atoms with Crippen molar-refractivity contribution in [1.82, 2.24) is 21.3 Å². The standard InChI is InChI=1S/C34H51N7O5/c1-23(2)20-28(32(44)40-29(24(3)4)21-38-30(42)18-17-25-12-7-5-8-13-25)39-31(43)27(16-11-19-37-33(35)36)41-34(45)46-22-26-14-9-6-10-15-26/h5-10,12-15,23-24,27-29H,11,16-22H2,1-4H3,(H,38,42)(H,39,43)(H,40,44)(H,41,45)(H4,35,36,37)/t27-,28-,29+/m0/s1. The largest absolute Gasteiger partial charge is 0.445 e. The Morgan fingerprint density at radius 3 is 2.00 bits per heavy atom. The fourth-order valence-electron chi connectivity index (χ4n) is 4.61. The molecule has 46 heavy (non-hydrogen) atoms. The number of amides is 4. The molecule has 0 saturated heterocycles. The van der Waals surface area contributed by atoms with Crippen molar-refractivity contribution in [2.75, 3.05) is 13.1 Å². The maximum atomic E-state index is 13.5. The smallest absolute Gasteiger partial charge is 0.408 e. The fraction of sp³-hybridized carbons (Fsp3) is 0.500. The molecule has 12 heteroatoms. The molecule has 0 aliphatic carbocycles. The molecule has 4 amide bonds. The van der Waals surface area contributed by atoms with E-state index >= 15 is 0 Å². The minimum absolute atomic E-state index is 0.0121. The molecule has 0 saturated carbocycles. The van der Waals surface area contributed by atoms with Crippen molar-refractivity contribution >= 4 is 29.8 Å². The van der Waals surface area contributed by atoms with Crippen molar-refractivity contribution in [3.63, 3.8) is 0 Å². The third kappa shape index (κ3) is 15.4. The van der Waals surface area contributed by atoms with Gasteiger partial charge in [0.05, 0.1) is 0 Å². The molecular weight excluding hydrogens is 586 g/mol. The van der Waals surface area contributed by atoms with Crippen LogP contribution >= 0.6 is 0 Å². The van der Waals surface area contributed by atoms with Crippen LogP contribution in [0.4, 0.5) is 4.79 Å². The van der Waals surface area contributed by atoms with Crippen LogP contribution in [0.1, 0.15) is 64.5 Å². The van der Waals surface area contributed by atoms with Gasteiger partial charge in [-0.1, -0.05) is 88.4 Å². The lowest BCUT2D eigenvalue weighted by Gasteiger charge is -2.28. The van der Waals surface area contributed by atoms with E-state index in [0.717, 1.165) is 11.1 Å². The quantitative estimate of drug-likeness (QED) is 0.0775. The zero-order valence-corrected chi connectivity index (χ0v) is 27.5. The molecule has 252 valence electrons. The van der Waals surface area contributed by atoms with E-state index < -0.39 is 24.1 Å². The van der Waals surface area contributed by atoms with Gasteiger partial charge >= 0.3 is 6.09 Å². The van der Waals surface area contributed by atoms with Gasteiger partial charge in [0.2, 0.25) is 17.7 Å². The molecule has 0 unspecified atom stereocenters. The summed E-state index contributed by atoms with van der Waals surface area (Å²) in [5.41, 5.74) is 12.7. The van der Waals surface area contributed by atoms with Crippen molar-refractivity contribution < 1.29 is 23.9 Å². The van der Waals surface area contributed by atoms with Gasteiger partial charge in [0.1, 0.15) is 18.7 Å². The van der Waals surface area contributed by atoms with Crippen LogP contribution in [-0.4, -0.2) is 61.0 Å². The Morgan fingerprint density at radius 1 is 0.804 bits per heavy atom. The molecule has 0 aliphatic rings. The van der Waals surface area contributed by atoms with Gasteiger partial charge in [-0.05, 0) is 48.6 Å². The summed E-state index contributed by atoms with van der Waals surface area (Å²) < 4.78 is 5.33. The number of hydrogen-bond donors (Lipinski definition) is 6. The number of nitrogens with one attached hydrogen (secondary N) is 4. The topological polar surface area (TPSA) is 190 Å². The summed E-state index contributed by atoms with van der Waals surface area (Å²) in [6, 6.07) is 16.7. The average Bonchev–Trinajstić information content (AvgIpc) is 3.02. The van der Waals surface area contributed by atoms with Crippen LogP contribution in [0.15, 0.2) is 65.7 Å². The van der Waals surface area contributed by atoms with E-state index in [1.807, 2.05) is 88.4 Å². The molecular formula is C34H51N7O5. The van der Waals surface area contributed by atoms with Crippen LogP contribution in [0.5, 0.6) is 0 Å². The Bertz CT molecular complexity index is 1250. The van der Waals surface area contributed by atoms with E-state index in [1.54, 1.807) is 0 Å². The van der Waals surface area contributed by atoms with E-state index in [4.69, 9.17) is 16.2 Å². The summed E-state index contributed by atoms with van der Waals surface area (Å²) in [5, 5.41) is 11.4. The third-order valence-corrected chi connectivity index (χ3v) is 7.24. The number of aryl methyl sites for hydroxylation is 1. The number of hydrogen-bond acceptors (Lipinski definition) is 6. The number of carbonyl (C=O) groups excluding carboxylic acids is 4. The zero-order chi connectivity index (χ0) is 33.9. The molecule has 0 spiro atoms. The van der Waals surface area contributed by atoms with Crippen molar-refractivity contribution in [3.8, 4) is 0 Å². The van der Waals surface area contributed by atoms with Gasteiger partial charge in [-0.15, -0.1) is 0 Å². The second-order valence-corrected chi connectivity index (χ2v) is 12.0. The molecule has 0 aromatic heterocycles. The highest BCUT2D eigenvalue weighted by Crippen LogP contribution is 2.10. The Hall–Kier alpha value is -4.61. The number of ether oxygens (including phenoxy) is 1. The third-order valence-electron chi connectivity index (χ3n) is 7.24. The lowest BCUT2D eigenvalue weighted by atomic mass is 9.99. The van der Waals surface area contributed by atoms with E-state index in [-0.39, 0.29) is 61.8 Å². The molecule has 3 atom stereocenters. The molecule has 0 fully saturated rings. The molecule has 2 aromatic carbocycles. The van der Waals surface area contributed by atoms with Gasteiger partial charge in [0.15, 0.2) is 5.96 Å². The SMILES string of the molecule is CC(C)C[C@H](NC(=O)[C@H](CCCN=C(N)N)NC(=O)OCc1ccccc1)C(=O)N[C@H](CNC(=O)CCc1ccccc1)C(C)C. The number of benzene rings is 2. The number of alkyl carbamates (subject to hydrolysis) is 1. The molecule has 2 aromatic rings. The Labute approximate surface area is 272 Å². The first kappa shape index (κ1) is 37.6. The maximum Gasteiger partial charge on any atom is 0.408 e. The van der Waals surface area contributed by atoms with Gasteiger partial charge < -0.3 is 37.5 Å². The van der Waals surface area contributed by atoms with Crippen molar-refractivity contribution in [3.05, 3.63) is 71.8 Å². The Morgan fingerprint density at radius 2 is 1.41 bits per heavy atom. The average molecular weight is 638 g/mol. The number of nitrogens with zero attached hydrogens (tertiary/aromatic N) is 1. The summed E-state index contributed by atoms with van der Waals surface area (Å²) in [6.45, 7) is 8.35. The number of carbonyl (C=O) groups is 4. The Kier molecular flexibility index (Phi) is 16.7. The first-order valence-electron chi connectivity index (χ1n) is 15.9. The summed E-state index contributed by atoms with van der Waals surface area (Å²) in [5.74, 6) is -0.988. The van der Waals surface area contributed by atoms with Crippen LogP contribution < -0.4 is 32.7 Å². The highest BCUT2D eigenvalue weighted by atomic mass is 16.5. The predicted octanol–water partition coefficient (Wildman–Crippen LogP) is 2.76. The Balaban J connectivity index is 2.04. The van der Waals surface area contributed by atoms with Gasteiger partial charge in [-0.2, -0.15) is 0 Å². The van der Waals surface area contributed by atoms with Gasteiger partial charge in [-0.25, -0.2) is 4.79 Å². The molecule has 2 rings (SSSR count). The summed E-state index contributed by atoms with van der Waals surface area (Å²) in [7, 11) is 0. The highest BCUT2D eigenvalue weighted by molar-refractivity contribution is 5.91. The zero-order valence-electron chi connectivity index (χ0n) is 27.5. The summed E-state index contributed by atoms with van der Waals surface area (Å²) in [6.07, 6.45) is 1.16. The van der Waals surface area contributed by atoms with E-state index in [1.165, 1.54) is 0 Å². The predicted molar refractivity (Wildman–Crippen MR) is 179 cm³/mol. The molecule has 8 N–H and O–H groups in total. The minimum atomic E-state index is -0.996. The van der Waals surface area contributed by atoms with Gasteiger partial charge in [0, 0.05) is 25.6 Å². The lowest BCUT2D eigenvalue weighted by molar-refractivity contribution is -0.131. The van der Waals surface area contributed by atoms with E-state index in [9.17, 15) is 19.2 Å². The summed E-state index contributed by atoms with van der Waals surface area (Å²) in [4.78, 5) is 56.2. The number of nitrogens with two attached hydrogens (primary N) is 2. The summed E-state index contributed by atoms with van der Waals surface area (Å²) >= 11 is 0. The molecule has 0 aliphatic heterocycles. The van der Waals surface area contributed by atoms with E-state index in [2.05, 4.69) is 26.3 Å². The number of rotatable bonds is 19. The normalized spacial score (nSPS) is 12.8. The van der Waals surface area contributed by atoms with Crippen LogP contribution in [0, 0.1) is 11.8 Å². The second-order valence-electron chi connectivity index (χ2n) is 12.0. The number of guanidine groups is 1. The van der Waals surface area contributed by atoms with Crippen LogP contribution in [0.2, 0.25) is 0 Å². The monoisotopic (exact) mass is 637 g/mol. The molecule has 0 heterocycles. The van der Waals surface area contributed by atoms with Crippen molar-refractivity contribution in [2.45, 2.75) is 84.5 Å². The van der Waals surface area contributed by atoms with Crippen molar-refractivity contribution in [2.24, 2.45) is 28.3 Å². The first-order chi connectivity index (χ1) is 21.9. The van der Waals surface area contributed by atoms with Crippen LogP contribution in [-0.2, 0) is 32.1 Å². The minimum Gasteiger partial charge on any atom is -0.445 e. The maximum absolute atomic E-state index is 13.5. The second kappa shape index (κ2) is 20.4.